The number of aromatic nitrogens is 1. The molecule has 0 bridgehead atoms. The summed E-state index contributed by atoms with van der Waals surface area (Å²) in [6.07, 6.45) is 0. The number of thiazole rings is 1. The number of amides is 2. The molecule has 0 aromatic carbocycles. The topological polar surface area (TPSA) is 71.1 Å². The van der Waals surface area contributed by atoms with E-state index in [9.17, 15) is 9.59 Å². The van der Waals surface area contributed by atoms with Crippen molar-refractivity contribution in [1.82, 2.24) is 4.98 Å². The Morgan fingerprint density at radius 1 is 0.905 bits per heavy atom. The van der Waals surface area contributed by atoms with E-state index in [1.165, 1.54) is 34.0 Å². The van der Waals surface area contributed by atoms with E-state index in [2.05, 4.69) is 15.6 Å². The summed E-state index contributed by atoms with van der Waals surface area (Å²) in [6.45, 7) is 0. The molecule has 0 unspecified atom stereocenters. The summed E-state index contributed by atoms with van der Waals surface area (Å²) >= 11 is 3.99. The third kappa shape index (κ3) is 3.35. The Kier molecular flexibility index (Phi) is 4.09. The van der Waals surface area contributed by atoms with Crippen molar-refractivity contribution in [1.29, 1.82) is 0 Å². The molecule has 21 heavy (non-hydrogen) atoms. The van der Waals surface area contributed by atoms with E-state index in [4.69, 9.17) is 0 Å². The van der Waals surface area contributed by atoms with Gasteiger partial charge in [0.1, 0.15) is 5.82 Å². The van der Waals surface area contributed by atoms with Gasteiger partial charge >= 0.3 is 0 Å². The molecular weight excluding hydrogens is 326 g/mol. The van der Waals surface area contributed by atoms with Crippen LogP contribution in [0.1, 0.15) is 19.3 Å². The molecule has 8 heteroatoms. The maximum Gasteiger partial charge on any atom is 0.267 e. The second-order valence-corrected chi connectivity index (χ2v) is 6.65. The molecule has 0 saturated carbocycles. The summed E-state index contributed by atoms with van der Waals surface area (Å²) < 4.78 is 0. The van der Waals surface area contributed by atoms with Gasteiger partial charge in [-0.25, -0.2) is 4.98 Å². The fourth-order valence-corrected chi connectivity index (χ4v) is 3.42. The second-order valence-electron chi connectivity index (χ2n) is 3.90. The Morgan fingerprint density at radius 3 is 2.10 bits per heavy atom. The minimum Gasteiger partial charge on any atom is -0.305 e. The van der Waals surface area contributed by atoms with Crippen molar-refractivity contribution < 1.29 is 9.59 Å². The van der Waals surface area contributed by atoms with Crippen LogP contribution in [0.5, 0.6) is 0 Å². The summed E-state index contributed by atoms with van der Waals surface area (Å²) in [5.74, 6) is 0.0294. The van der Waals surface area contributed by atoms with Crippen molar-refractivity contribution in [3.63, 3.8) is 0 Å². The first kappa shape index (κ1) is 13.9. The van der Waals surface area contributed by atoms with Gasteiger partial charge in [-0.1, -0.05) is 12.1 Å². The Morgan fingerprint density at radius 2 is 1.52 bits per heavy atom. The van der Waals surface area contributed by atoms with E-state index < -0.39 is 0 Å². The van der Waals surface area contributed by atoms with Gasteiger partial charge in [0.15, 0.2) is 5.13 Å². The van der Waals surface area contributed by atoms with Gasteiger partial charge in [-0.05, 0) is 22.9 Å². The minimum absolute atomic E-state index is 0.199. The quantitative estimate of drug-likeness (QED) is 0.762. The van der Waals surface area contributed by atoms with Crippen LogP contribution in [0.2, 0.25) is 0 Å². The zero-order chi connectivity index (χ0) is 14.7. The minimum atomic E-state index is -0.202. The fraction of sp³-hybridized carbons (Fsp3) is 0. The number of nitrogens with one attached hydrogen (secondary N) is 2. The molecule has 3 heterocycles. The predicted molar refractivity (Wildman–Crippen MR) is 86.7 cm³/mol. The van der Waals surface area contributed by atoms with Crippen LogP contribution in [0.3, 0.4) is 0 Å². The second kappa shape index (κ2) is 6.17. The molecule has 3 rings (SSSR count). The highest BCUT2D eigenvalue weighted by atomic mass is 32.1. The first-order chi connectivity index (χ1) is 10.2. The molecule has 3 aromatic heterocycles. The van der Waals surface area contributed by atoms with E-state index in [-0.39, 0.29) is 11.8 Å². The average molecular weight is 335 g/mol. The summed E-state index contributed by atoms with van der Waals surface area (Å²) in [5.41, 5.74) is 0. The molecule has 3 aromatic rings. The van der Waals surface area contributed by atoms with Gasteiger partial charge in [0.25, 0.3) is 11.8 Å². The van der Waals surface area contributed by atoms with Crippen molar-refractivity contribution in [2.75, 3.05) is 10.6 Å². The summed E-state index contributed by atoms with van der Waals surface area (Å²) in [7, 11) is 0. The van der Waals surface area contributed by atoms with Crippen molar-refractivity contribution >= 4 is 56.8 Å². The van der Waals surface area contributed by atoms with Gasteiger partial charge in [-0.15, -0.1) is 34.0 Å². The molecule has 0 saturated heterocycles. The fourth-order valence-electron chi connectivity index (χ4n) is 1.54. The Labute approximate surface area is 132 Å². The van der Waals surface area contributed by atoms with Crippen molar-refractivity contribution in [2.24, 2.45) is 0 Å². The number of carbonyl (C=O) groups is 2. The molecule has 0 radical (unpaired) electrons. The van der Waals surface area contributed by atoms with Crippen LogP contribution in [0.4, 0.5) is 10.9 Å². The van der Waals surface area contributed by atoms with Crippen molar-refractivity contribution in [3.05, 3.63) is 50.2 Å². The maximum atomic E-state index is 11.9. The molecule has 106 valence electrons. The third-order valence-corrected chi connectivity index (χ3v) is 4.95. The summed E-state index contributed by atoms with van der Waals surface area (Å²) in [5, 5.41) is 11.2. The standard InChI is InChI=1S/C13H9N3O2S3/c17-11(8-3-1-5-19-8)14-10-7-21-13(15-10)16-12(18)9-4-2-6-20-9/h1-7H,(H,14,17)(H,15,16,18). The molecule has 0 fully saturated rings. The molecule has 0 aliphatic heterocycles. The molecule has 0 atom stereocenters. The Bertz CT molecular complexity index is 685. The van der Waals surface area contributed by atoms with Gasteiger partial charge in [-0.2, -0.15) is 0 Å². The highest BCUT2D eigenvalue weighted by Gasteiger charge is 2.12. The summed E-state index contributed by atoms with van der Waals surface area (Å²) in [4.78, 5) is 29.2. The lowest BCUT2D eigenvalue weighted by Gasteiger charge is -1.99. The number of carbonyl (C=O) groups excluding carboxylic acids is 2. The van der Waals surface area contributed by atoms with Crippen LogP contribution in [0, 0.1) is 0 Å². The smallest absolute Gasteiger partial charge is 0.267 e. The zero-order valence-electron chi connectivity index (χ0n) is 10.5. The highest BCUT2D eigenvalue weighted by molar-refractivity contribution is 7.15. The van der Waals surface area contributed by atoms with Crippen LogP contribution < -0.4 is 10.6 Å². The van der Waals surface area contributed by atoms with E-state index in [1.54, 1.807) is 17.5 Å². The Hall–Kier alpha value is -2.03. The molecule has 0 aliphatic rings. The lowest BCUT2D eigenvalue weighted by molar-refractivity contribution is 0.102. The third-order valence-electron chi connectivity index (χ3n) is 2.46. The summed E-state index contributed by atoms with van der Waals surface area (Å²) in [6, 6.07) is 7.11. The van der Waals surface area contributed by atoms with E-state index in [1.807, 2.05) is 22.9 Å². The molecule has 2 amide bonds. The number of thiophene rings is 2. The normalized spacial score (nSPS) is 10.3. The molecular formula is C13H9N3O2S3. The largest absolute Gasteiger partial charge is 0.305 e. The first-order valence-electron chi connectivity index (χ1n) is 5.87. The molecule has 0 aliphatic carbocycles. The zero-order valence-corrected chi connectivity index (χ0v) is 13.0. The van der Waals surface area contributed by atoms with Crippen LogP contribution >= 0.6 is 34.0 Å². The molecule has 2 N–H and O–H groups in total. The van der Waals surface area contributed by atoms with Crippen LogP contribution in [0.25, 0.3) is 0 Å². The van der Waals surface area contributed by atoms with Gasteiger partial charge in [0.2, 0.25) is 0 Å². The van der Waals surface area contributed by atoms with Gasteiger partial charge < -0.3 is 5.32 Å². The lowest BCUT2D eigenvalue weighted by atomic mass is 10.4. The maximum absolute atomic E-state index is 11.9. The number of rotatable bonds is 4. The first-order valence-corrected chi connectivity index (χ1v) is 8.51. The lowest BCUT2D eigenvalue weighted by Crippen LogP contribution is -2.12. The van der Waals surface area contributed by atoms with Gasteiger partial charge in [-0.3, -0.25) is 14.9 Å². The predicted octanol–water partition coefficient (Wildman–Crippen LogP) is 3.77. The average Bonchev–Trinajstić information content (AvgIpc) is 3.22. The SMILES string of the molecule is O=C(Nc1csc(NC(=O)c2cccs2)n1)c1cccs1. The van der Waals surface area contributed by atoms with Crippen LogP contribution in [-0.2, 0) is 0 Å². The highest BCUT2D eigenvalue weighted by Crippen LogP contribution is 2.21. The molecule has 5 nitrogen and oxygen atoms in total. The van der Waals surface area contributed by atoms with E-state index in [0.29, 0.717) is 20.7 Å². The monoisotopic (exact) mass is 335 g/mol. The van der Waals surface area contributed by atoms with E-state index >= 15 is 0 Å². The van der Waals surface area contributed by atoms with Gasteiger partial charge in [0, 0.05) is 5.38 Å². The van der Waals surface area contributed by atoms with Gasteiger partial charge in [0.05, 0.1) is 9.75 Å². The van der Waals surface area contributed by atoms with Crippen molar-refractivity contribution in [3.8, 4) is 0 Å². The number of hydrogen-bond donors (Lipinski definition) is 2. The molecule has 0 spiro atoms. The van der Waals surface area contributed by atoms with Crippen LogP contribution in [-0.4, -0.2) is 16.8 Å². The van der Waals surface area contributed by atoms with Crippen molar-refractivity contribution in [2.45, 2.75) is 0 Å². The number of anilines is 2. The van der Waals surface area contributed by atoms with Crippen LogP contribution in [0.15, 0.2) is 40.4 Å². The number of nitrogens with zero attached hydrogens (tertiary/aromatic N) is 1. The van der Waals surface area contributed by atoms with E-state index in [0.717, 1.165) is 0 Å². The number of hydrogen-bond acceptors (Lipinski definition) is 6. The Balaban J connectivity index is 1.64.